The summed E-state index contributed by atoms with van der Waals surface area (Å²) in [4.78, 5) is 36.7. The first-order chi connectivity index (χ1) is 11.9. The SMILES string of the molecule is CCC(C)(C)C(=O)OC1C2CC3(C(=O)OCC(F)(F)F)C(=O)OC1C3O2. The molecule has 3 aliphatic heterocycles. The lowest BCUT2D eigenvalue weighted by molar-refractivity contribution is -0.195. The molecule has 0 radical (unpaired) electrons. The highest BCUT2D eigenvalue weighted by molar-refractivity contribution is 6.03. The molecule has 0 N–H and O–H groups in total. The molecule has 146 valence electrons. The van der Waals surface area contributed by atoms with Crippen LogP contribution in [0.2, 0.25) is 0 Å². The van der Waals surface area contributed by atoms with Crippen LogP contribution in [0.3, 0.4) is 0 Å². The van der Waals surface area contributed by atoms with Crippen molar-refractivity contribution in [3.63, 3.8) is 0 Å². The first-order valence-corrected chi connectivity index (χ1v) is 8.24. The van der Waals surface area contributed by atoms with E-state index in [1.165, 1.54) is 0 Å². The average Bonchev–Trinajstić information content (AvgIpc) is 3.14. The van der Waals surface area contributed by atoms with E-state index in [1.807, 2.05) is 6.92 Å². The van der Waals surface area contributed by atoms with Crippen LogP contribution in [0.4, 0.5) is 13.2 Å². The van der Waals surface area contributed by atoms with E-state index in [2.05, 4.69) is 4.74 Å². The van der Waals surface area contributed by atoms with Gasteiger partial charge in [-0.2, -0.15) is 13.2 Å². The normalized spacial score (nSPS) is 35.4. The van der Waals surface area contributed by atoms with Gasteiger partial charge in [0.05, 0.1) is 5.41 Å². The van der Waals surface area contributed by atoms with Crippen LogP contribution in [0.5, 0.6) is 0 Å². The fourth-order valence-corrected chi connectivity index (χ4v) is 3.41. The number of fused-ring (bicyclic) bond motifs is 1. The summed E-state index contributed by atoms with van der Waals surface area (Å²) >= 11 is 0. The topological polar surface area (TPSA) is 88.1 Å². The summed E-state index contributed by atoms with van der Waals surface area (Å²) in [6.07, 6.45) is -8.30. The molecule has 3 aliphatic rings. The molecule has 0 aliphatic carbocycles. The van der Waals surface area contributed by atoms with Crippen molar-refractivity contribution in [3.05, 3.63) is 0 Å². The average molecular weight is 380 g/mol. The molecule has 0 spiro atoms. The van der Waals surface area contributed by atoms with E-state index in [9.17, 15) is 27.6 Å². The van der Waals surface area contributed by atoms with Gasteiger partial charge in [-0.15, -0.1) is 0 Å². The van der Waals surface area contributed by atoms with Gasteiger partial charge in [-0.3, -0.25) is 14.4 Å². The smallest absolute Gasteiger partial charge is 0.422 e. The molecule has 2 bridgehead atoms. The van der Waals surface area contributed by atoms with Crippen molar-refractivity contribution >= 4 is 17.9 Å². The van der Waals surface area contributed by atoms with E-state index in [0.29, 0.717) is 6.42 Å². The third-order valence-corrected chi connectivity index (χ3v) is 5.34. The molecular weight excluding hydrogens is 361 g/mol. The van der Waals surface area contributed by atoms with Gasteiger partial charge in [0.1, 0.15) is 12.2 Å². The Labute approximate surface area is 147 Å². The van der Waals surface area contributed by atoms with Crippen LogP contribution < -0.4 is 0 Å². The second-order valence-electron chi connectivity index (χ2n) is 7.44. The predicted molar refractivity (Wildman–Crippen MR) is 76.6 cm³/mol. The molecule has 0 aromatic carbocycles. The number of esters is 3. The molecule has 0 amide bonds. The van der Waals surface area contributed by atoms with Gasteiger partial charge in [0.2, 0.25) is 0 Å². The van der Waals surface area contributed by atoms with E-state index >= 15 is 0 Å². The molecule has 3 fully saturated rings. The van der Waals surface area contributed by atoms with Crippen molar-refractivity contribution in [2.75, 3.05) is 6.61 Å². The van der Waals surface area contributed by atoms with Crippen LogP contribution in [0, 0.1) is 10.8 Å². The molecule has 5 unspecified atom stereocenters. The van der Waals surface area contributed by atoms with Crippen LogP contribution in [-0.2, 0) is 33.3 Å². The highest BCUT2D eigenvalue weighted by Crippen LogP contribution is 2.56. The summed E-state index contributed by atoms with van der Waals surface area (Å²) in [7, 11) is 0. The number of hydrogen-bond donors (Lipinski definition) is 0. The molecule has 7 nitrogen and oxygen atoms in total. The molecule has 26 heavy (non-hydrogen) atoms. The predicted octanol–water partition coefficient (Wildman–Crippen LogP) is 1.52. The lowest BCUT2D eigenvalue weighted by Crippen LogP contribution is -2.50. The quantitative estimate of drug-likeness (QED) is 0.406. The van der Waals surface area contributed by atoms with Gasteiger partial charge in [-0.05, 0) is 20.3 Å². The van der Waals surface area contributed by atoms with Crippen LogP contribution in [0.25, 0.3) is 0 Å². The van der Waals surface area contributed by atoms with Crippen molar-refractivity contribution in [2.45, 2.75) is 64.2 Å². The Hall–Kier alpha value is -1.84. The third kappa shape index (κ3) is 2.74. The molecular formula is C16H19F3O7. The van der Waals surface area contributed by atoms with Crippen molar-refractivity contribution in [1.29, 1.82) is 0 Å². The summed E-state index contributed by atoms with van der Waals surface area (Å²) < 4.78 is 57.3. The summed E-state index contributed by atoms with van der Waals surface area (Å²) in [5.74, 6) is -2.83. The second kappa shape index (κ2) is 5.83. The van der Waals surface area contributed by atoms with Gasteiger partial charge in [0, 0.05) is 6.42 Å². The Morgan fingerprint density at radius 2 is 1.96 bits per heavy atom. The van der Waals surface area contributed by atoms with Gasteiger partial charge >= 0.3 is 24.1 Å². The molecule has 0 aromatic rings. The molecule has 3 heterocycles. The largest absolute Gasteiger partial charge is 0.455 e. The molecule has 0 aromatic heterocycles. The third-order valence-electron chi connectivity index (χ3n) is 5.34. The van der Waals surface area contributed by atoms with Gasteiger partial charge in [-0.1, -0.05) is 6.92 Å². The van der Waals surface area contributed by atoms with Crippen molar-refractivity contribution in [1.82, 2.24) is 0 Å². The van der Waals surface area contributed by atoms with Gasteiger partial charge in [-0.25, -0.2) is 0 Å². The number of ether oxygens (including phenoxy) is 4. The van der Waals surface area contributed by atoms with Crippen molar-refractivity contribution < 1.29 is 46.5 Å². The lowest BCUT2D eigenvalue weighted by atomic mass is 9.74. The van der Waals surface area contributed by atoms with Crippen molar-refractivity contribution in [3.8, 4) is 0 Å². The first kappa shape index (κ1) is 18.9. The minimum absolute atomic E-state index is 0.242. The summed E-state index contributed by atoms with van der Waals surface area (Å²) in [6.45, 7) is 3.41. The number of carbonyl (C=O) groups excluding carboxylic acids is 3. The Balaban J connectivity index is 1.74. The standard InChI is InChI=1S/C16H19F3O7/c1-4-14(2,3)11(20)25-8-7-5-15(12(21)23-6-16(17,18)19)10(24-7)9(8)26-13(15)22/h7-10H,4-6H2,1-3H3. The van der Waals surface area contributed by atoms with Crippen molar-refractivity contribution in [2.24, 2.45) is 10.8 Å². The maximum atomic E-state index is 12.3. The van der Waals surface area contributed by atoms with E-state index in [0.717, 1.165) is 0 Å². The number of hydrogen-bond acceptors (Lipinski definition) is 7. The number of alkyl halides is 3. The molecule has 5 atom stereocenters. The summed E-state index contributed by atoms with van der Waals surface area (Å²) in [6, 6.07) is 0. The first-order valence-electron chi connectivity index (χ1n) is 8.24. The molecule has 0 saturated carbocycles. The van der Waals surface area contributed by atoms with Crippen LogP contribution in [0.15, 0.2) is 0 Å². The Morgan fingerprint density at radius 3 is 2.54 bits per heavy atom. The number of carbonyl (C=O) groups is 3. The summed E-state index contributed by atoms with van der Waals surface area (Å²) in [5, 5.41) is 0. The fourth-order valence-electron chi connectivity index (χ4n) is 3.41. The second-order valence-corrected chi connectivity index (χ2v) is 7.44. The Kier molecular flexibility index (Phi) is 4.25. The zero-order valence-corrected chi connectivity index (χ0v) is 14.4. The molecule has 3 saturated heterocycles. The van der Waals surface area contributed by atoms with Crippen LogP contribution in [-0.4, -0.2) is 55.1 Å². The van der Waals surface area contributed by atoms with E-state index in [4.69, 9.17) is 14.2 Å². The maximum absolute atomic E-state index is 12.3. The Morgan fingerprint density at radius 1 is 1.31 bits per heavy atom. The zero-order valence-electron chi connectivity index (χ0n) is 14.4. The number of halogens is 3. The minimum Gasteiger partial charge on any atom is -0.455 e. The monoisotopic (exact) mass is 380 g/mol. The lowest BCUT2D eigenvalue weighted by Gasteiger charge is -2.29. The van der Waals surface area contributed by atoms with E-state index < -0.39 is 65.9 Å². The van der Waals surface area contributed by atoms with E-state index in [-0.39, 0.29) is 6.42 Å². The minimum atomic E-state index is -4.71. The summed E-state index contributed by atoms with van der Waals surface area (Å²) in [5.41, 5.74) is -2.68. The van der Waals surface area contributed by atoms with Gasteiger partial charge in [0.15, 0.2) is 24.2 Å². The fraction of sp³-hybridized carbons (Fsp3) is 0.812. The highest BCUT2D eigenvalue weighted by Gasteiger charge is 2.77. The Bertz CT molecular complexity index is 644. The van der Waals surface area contributed by atoms with Crippen LogP contribution >= 0.6 is 0 Å². The van der Waals surface area contributed by atoms with Crippen LogP contribution in [0.1, 0.15) is 33.6 Å². The maximum Gasteiger partial charge on any atom is 0.422 e. The van der Waals surface area contributed by atoms with E-state index in [1.54, 1.807) is 13.8 Å². The molecule has 3 rings (SSSR count). The highest BCUT2D eigenvalue weighted by atomic mass is 19.4. The van der Waals surface area contributed by atoms with Gasteiger partial charge < -0.3 is 18.9 Å². The number of rotatable bonds is 5. The van der Waals surface area contributed by atoms with Gasteiger partial charge in [0.25, 0.3) is 0 Å². The zero-order chi connectivity index (χ0) is 19.5. The molecule has 10 heteroatoms.